The van der Waals surface area contributed by atoms with Crippen molar-refractivity contribution in [3.05, 3.63) is 0 Å². The third-order valence-corrected chi connectivity index (χ3v) is 2.87. The van der Waals surface area contributed by atoms with Gasteiger partial charge < -0.3 is 14.4 Å². The monoisotopic (exact) mass is 249 g/mol. The molecule has 0 N–H and O–H groups in total. The van der Waals surface area contributed by atoms with E-state index in [4.69, 9.17) is 21.1 Å². The quantitative estimate of drug-likeness (QED) is 0.553. The van der Waals surface area contributed by atoms with E-state index in [0.717, 1.165) is 31.8 Å². The van der Waals surface area contributed by atoms with Gasteiger partial charge in [0.1, 0.15) is 6.61 Å². The average Bonchev–Trinajstić information content (AvgIpc) is 2.29. The number of halogens is 1. The first-order valence-corrected chi connectivity index (χ1v) is 6.33. The molecule has 0 spiro atoms. The molecule has 1 aliphatic rings. The molecule has 1 amide bonds. The highest BCUT2D eigenvalue weighted by atomic mass is 35.5. The smallest absolute Gasteiger partial charge is 0.409 e. The zero-order valence-electron chi connectivity index (χ0n) is 9.78. The molecule has 94 valence electrons. The summed E-state index contributed by atoms with van der Waals surface area (Å²) >= 11 is 5.44. The van der Waals surface area contributed by atoms with Crippen molar-refractivity contribution in [1.29, 1.82) is 0 Å². The van der Waals surface area contributed by atoms with Gasteiger partial charge in [-0.05, 0) is 18.8 Å². The van der Waals surface area contributed by atoms with Gasteiger partial charge in [-0.2, -0.15) is 0 Å². The molecule has 0 radical (unpaired) electrons. The van der Waals surface area contributed by atoms with Crippen molar-refractivity contribution in [2.75, 3.05) is 38.8 Å². The molecule has 0 saturated carbocycles. The van der Waals surface area contributed by atoms with Crippen LogP contribution in [-0.4, -0.2) is 49.8 Å². The fourth-order valence-corrected chi connectivity index (χ4v) is 1.74. The van der Waals surface area contributed by atoms with Crippen LogP contribution in [0.5, 0.6) is 0 Å². The zero-order valence-corrected chi connectivity index (χ0v) is 10.5. The number of carbonyl (C=O) groups is 1. The number of piperidine rings is 1. The Morgan fingerprint density at radius 3 is 2.62 bits per heavy atom. The lowest BCUT2D eigenvalue weighted by molar-refractivity contribution is 0.0534. The van der Waals surface area contributed by atoms with Crippen molar-refractivity contribution in [3.63, 3.8) is 0 Å². The third-order valence-electron chi connectivity index (χ3n) is 2.72. The molecular weight excluding hydrogens is 230 g/mol. The fraction of sp³-hybridized carbons (Fsp3) is 0.909. The van der Waals surface area contributed by atoms with E-state index in [2.05, 4.69) is 6.92 Å². The minimum atomic E-state index is -0.221. The van der Waals surface area contributed by atoms with Gasteiger partial charge in [0.25, 0.3) is 0 Å². The standard InChI is InChI=1S/C11H20ClNO3/c1-10-2-5-13(6-3-10)11(14)16-9-8-15-7-4-12/h10H,2-9H2,1H3. The Balaban J connectivity index is 2.06. The number of likely N-dealkylation sites (tertiary alicyclic amines) is 1. The first kappa shape index (κ1) is 13.6. The van der Waals surface area contributed by atoms with E-state index < -0.39 is 0 Å². The second-order valence-corrected chi connectivity index (χ2v) is 4.46. The van der Waals surface area contributed by atoms with E-state index in [1.807, 2.05) is 0 Å². The van der Waals surface area contributed by atoms with Gasteiger partial charge in [0, 0.05) is 19.0 Å². The van der Waals surface area contributed by atoms with Crippen LogP contribution in [0.2, 0.25) is 0 Å². The predicted molar refractivity (Wildman–Crippen MR) is 62.9 cm³/mol. The van der Waals surface area contributed by atoms with Crippen LogP contribution in [0.4, 0.5) is 4.79 Å². The summed E-state index contributed by atoms with van der Waals surface area (Å²) in [6.45, 7) is 5.05. The first-order valence-electron chi connectivity index (χ1n) is 5.79. The van der Waals surface area contributed by atoms with Crippen LogP contribution in [0, 0.1) is 5.92 Å². The number of ether oxygens (including phenoxy) is 2. The van der Waals surface area contributed by atoms with Gasteiger partial charge >= 0.3 is 6.09 Å². The minimum absolute atomic E-state index is 0.221. The van der Waals surface area contributed by atoms with Gasteiger partial charge in [0.05, 0.1) is 13.2 Å². The molecule has 0 bridgehead atoms. The number of alkyl halides is 1. The topological polar surface area (TPSA) is 38.8 Å². The van der Waals surface area contributed by atoms with Crippen molar-refractivity contribution >= 4 is 17.7 Å². The molecule has 5 heteroatoms. The maximum absolute atomic E-state index is 11.6. The second kappa shape index (κ2) is 7.74. The average molecular weight is 250 g/mol. The summed E-state index contributed by atoms with van der Waals surface area (Å²) in [5.41, 5.74) is 0. The summed E-state index contributed by atoms with van der Waals surface area (Å²) in [5, 5.41) is 0. The molecule has 0 aliphatic carbocycles. The Morgan fingerprint density at radius 1 is 1.31 bits per heavy atom. The molecule has 0 aromatic heterocycles. The zero-order chi connectivity index (χ0) is 11.8. The number of hydrogen-bond donors (Lipinski definition) is 0. The Labute approximate surface area is 102 Å². The largest absolute Gasteiger partial charge is 0.447 e. The van der Waals surface area contributed by atoms with Crippen LogP contribution in [0.15, 0.2) is 0 Å². The van der Waals surface area contributed by atoms with Crippen LogP contribution in [0.25, 0.3) is 0 Å². The van der Waals surface area contributed by atoms with Crippen molar-refractivity contribution in [1.82, 2.24) is 4.90 Å². The second-order valence-electron chi connectivity index (χ2n) is 4.09. The Morgan fingerprint density at radius 2 is 2.00 bits per heavy atom. The maximum atomic E-state index is 11.6. The normalized spacial score (nSPS) is 17.5. The number of rotatable bonds is 5. The highest BCUT2D eigenvalue weighted by Gasteiger charge is 2.20. The fourth-order valence-electron chi connectivity index (χ4n) is 1.63. The van der Waals surface area contributed by atoms with Gasteiger partial charge in [-0.3, -0.25) is 0 Å². The van der Waals surface area contributed by atoms with Crippen molar-refractivity contribution in [3.8, 4) is 0 Å². The summed E-state index contributed by atoms with van der Waals surface area (Å²) in [6, 6.07) is 0. The van der Waals surface area contributed by atoms with Crippen molar-refractivity contribution in [2.45, 2.75) is 19.8 Å². The summed E-state index contributed by atoms with van der Waals surface area (Å²) in [6.07, 6.45) is 1.91. The van der Waals surface area contributed by atoms with Gasteiger partial charge in [-0.25, -0.2) is 4.79 Å². The van der Waals surface area contributed by atoms with Crippen LogP contribution in [0.3, 0.4) is 0 Å². The molecule has 0 unspecified atom stereocenters. The molecule has 16 heavy (non-hydrogen) atoms. The molecule has 1 heterocycles. The van der Waals surface area contributed by atoms with Crippen molar-refractivity contribution < 1.29 is 14.3 Å². The molecule has 1 fully saturated rings. The third kappa shape index (κ3) is 5.03. The number of hydrogen-bond acceptors (Lipinski definition) is 3. The van der Waals surface area contributed by atoms with Gasteiger partial charge in [0.2, 0.25) is 0 Å². The van der Waals surface area contributed by atoms with Gasteiger partial charge in [-0.1, -0.05) is 6.92 Å². The lowest BCUT2D eigenvalue weighted by Gasteiger charge is -2.29. The summed E-state index contributed by atoms with van der Waals surface area (Å²) in [7, 11) is 0. The molecule has 1 rings (SSSR count). The minimum Gasteiger partial charge on any atom is -0.447 e. The Bertz CT molecular complexity index is 205. The molecular formula is C11H20ClNO3. The molecule has 0 atom stereocenters. The van der Waals surface area contributed by atoms with Crippen LogP contribution < -0.4 is 0 Å². The first-order chi connectivity index (χ1) is 7.74. The summed E-state index contributed by atoms with van der Waals surface area (Å²) < 4.78 is 10.2. The highest BCUT2D eigenvalue weighted by Crippen LogP contribution is 2.16. The predicted octanol–water partition coefficient (Wildman–Crippen LogP) is 2.11. The lowest BCUT2D eigenvalue weighted by Crippen LogP contribution is -2.38. The Hall–Kier alpha value is -0.480. The van der Waals surface area contributed by atoms with Crippen LogP contribution >= 0.6 is 11.6 Å². The number of nitrogens with zero attached hydrogens (tertiary/aromatic N) is 1. The van der Waals surface area contributed by atoms with E-state index in [9.17, 15) is 4.79 Å². The van der Waals surface area contributed by atoms with Crippen molar-refractivity contribution in [2.24, 2.45) is 5.92 Å². The molecule has 1 aliphatic heterocycles. The van der Waals surface area contributed by atoms with Crippen LogP contribution in [-0.2, 0) is 9.47 Å². The van der Waals surface area contributed by atoms with Crippen LogP contribution in [0.1, 0.15) is 19.8 Å². The maximum Gasteiger partial charge on any atom is 0.409 e. The van der Waals surface area contributed by atoms with E-state index >= 15 is 0 Å². The van der Waals surface area contributed by atoms with E-state index in [1.54, 1.807) is 4.90 Å². The number of carbonyl (C=O) groups excluding carboxylic acids is 1. The highest BCUT2D eigenvalue weighted by molar-refractivity contribution is 6.17. The molecule has 1 saturated heterocycles. The number of amides is 1. The van der Waals surface area contributed by atoms with E-state index in [0.29, 0.717) is 25.7 Å². The van der Waals surface area contributed by atoms with E-state index in [1.165, 1.54) is 0 Å². The van der Waals surface area contributed by atoms with E-state index in [-0.39, 0.29) is 6.09 Å². The van der Waals surface area contributed by atoms with Gasteiger partial charge in [-0.15, -0.1) is 11.6 Å². The summed E-state index contributed by atoms with van der Waals surface area (Å²) in [4.78, 5) is 13.3. The lowest BCUT2D eigenvalue weighted by atomic mass is 10.00. The summed E-state index contributed by atoms with van der Waals surface area (Å²) in [5.74, 6) is 1.19. The molecule has 0 aromatic rings. The molecule has 0 aromatic carbocycles. The SMILES string of the molecule is CC1CCN(C(=O)OCCOCCCl)CC1. The Kier molecular flexibility index (Phi) is 6.57. The molecule has 4 nitrogen and oxygen atoms in total. The van der Waals surface area contributed by atoms with Gasteiger partial charge in [0.15, 0.2) is 0 Å².